The Morgan fingerprint density at radius 3 is 2.82 bits per heavy atom. The minimum absolute atomic E-state index is 0.0130. The van der Waals surface area contributed by atoms with Gasteiger partial charge in [-0.15, -0.1) is 0 Å². The summed E-state index contributed by atoms with van der Waals surface area (Å²) in [5.41, 5.74) is 0.587. The van der Waals surface area contributed by atoms with E-state index in [0.29, 0.717) is 28.7 Å². The molecule has 0 aliphatic carbocycles. The third-order valence-electron chi connectivity index (χ3n) is 2.76. The van der Waals surface area contributed by atoms with E-state index in [1.807, 2.05) is 28.7 Å². The fraction of sp³-hybridized carbons (Fsp3) is 0.333. The Bertz CT molecular complexity index is 608. The van der Waals surface area contributed by atoms with Crippen LogP contribution in [0.15, 0.2) is 17.7 Å². The summed E-state index contributed by atoms with van der Waals surface area (Å²) in [6, 6.07) is 5.10. The van der Waals surface area contributed by atoms with Crippen molar-refractivity contribution in [2.75, 3.05) is 27.4 Å². The first-order valence-corrected chi connectivity index (χ1v) is 7.56. The lowest BCUT2D eigenvalue weighted by Crippen LogP contribution is -2.26. The van der Waals surface area contributed by atoms with Gasteiger partial charge in [-0.1, -0.05) is 0 Å². The van der Waals surface area contributed by atoms with Crippen molar-refractivity contribution in [2.45, 2.75) is 6.42 Å². The standard InChI is InChI=1S/C15H17IN2O4/c1-21-5-3-4-18-15(20)11(9-17)6-10-7-12(16)14(19)13(8-10)22-2/h6-8,19H,3-5H2,1-2H3,(H,18,20)/b11-6+. The zero-order chi connectivity index (χ0) is 16.5. The van der Waals surface area contributed by atoms with E-state index in [0.717, 1.165) is 0 Å². The number of benzene rings is 1. The summed E-state index contributed by atoms with van der Waals surface area (Å²) >= 11 is 1.95. The highest BCUT2D eigenvalue weighted by atomic mass is 127. The molecule has 0 saturated heterocycles. The quantitative estimate of drug-likeness (QED) is 0.307. The third-order valence-corrected chi connectivity index (χ3v) is 3.58. The number of nitrogens with zero attached hydrogens (tertiary/aromatic N) is 1. The van der Waals surface area contributed by atoms with E-state index in [9.17, 15) is 9.90 Å². The van der Waals surface area contributed by atoms with Crippen molar-refractivity contribution in [3.8, 4) is 17.6 Å². The Hall–Kier alpha value is -1.79. The van der Waals surface area contributed by atoms with E-state index < -0.39 is 5.91 Å². The number of nitriles is 1. The number of phenolic OH excluding ortho intramolecular Hbond substituents is 1. The van der Waals surface area contributed by atoms with Gasteiger partial charge in [-0.05, 0) is 52.8 Å². The zero-order valence-corrected chi connectivity index (χ0v) is 14.5. The smallest absolute Gasteiger partial charge is 0.261 e. The second kappa shape index (κ2) is 9.27. The highest BCUT2D eigenvalue weighted by Gasteiger charge is 2.11. The van der Waals surface area contributed by atoms with Gasteiger partial charge in [0.05, 0.1) is 10.7 Å². The lowest BCUT2D eigenvalue weighted by molar-refractivity contribution is -0.117. The number of hydrogen-bond acceptors (Lipinski definition) is 5. The second-order valence-electron chi connectivity index (χ2n) is 4.33. The summed E-state index contributed by atoms with van der Waals surface area (Å²) in [5, 5.41) is 21.6. The Morgan fingerprint density at radius 1 is 1.50 bits per heavy atom. The highest BCUT2D eigenvalue weighted by Crippen LogP contribution is 2.33. The van der Waals surface area contributed by atoms with Gasteiger partial charge in [-0.25, -0.2) is 0 Å². The monoisotopic (exact) mass is 416 g/mol. The molecule has 0 unspecified atom stereocenters. The maximum absolute atomic E-state index is 11.9. The molecule has 0 aliphatic rings. The fourth-order valence-corrected chi connectivity index (χ4v) is 2.29. The molecule has 0 spiro atoms. The number of aromatic hydroxyl groups is 1. The van der Waals surface area contributed by atoms with Gasteiger partial charge in [0.25, 0.3) is 5.91 Å². The molecule has 2 N–H and O–H groups in total. The van der Waals surface area contributed by atoms with Crippen molar-refractivity contribution in [2.24, 2.45) is 0 Å². The molecule has 0 aliphatic heterocycles. The van der Waals surface area contributed by atoms with Crippen LogP contribution in [-0.4, -0.2) is 38.4 Å². The largest absolute Gasteiger partial charge is 0.504 e. The Morgan fingerprint density at radius 2 is 2.23 bits per heavy atom. The van der Waals surface area contributed by atoms with Crippen LogP contribution < -0.4 is 10.1 Å². The summed E-state index contributed by atoms with van der Waals surface area (Å²) in [7, 11) is 3.02. The number of nitrogens with one attached hydrogen (secondary N) is 1. The number of amides is 1. The molecular weight excluding hydrogens is 399 g/mol. The van der Waals surface area contributed by atoms with Gasteiger partial charge in [-0.3, -0.25) is 4.79 Å². The van der Waals surface area contributed by atoms with Crippen molar-refractivity contribution in [1.82, 2.24) is 5.32 Å². The van der Waals surface area contributed by atoms with Crippen molar-refractivity contribution >= 4 is 34.6 Å². The van der Waals surface area contributed by atoms with E-state index in [-0.39, 0.29) is 17.1 Å². The van der Waals surface area contributed by atoms with Gasteiger partial charge < -0.3 is 19.9 Å². The molecule has 0 radical (unpaired) electrons. The molecule has 6 nitrogen and oxygen atoms in total. The Labute approximate surface area is 142 Å². The maximum Gasteiger partial charge on any atom is 0.261 e. The van der Waals surface area contributed by atoms with Gasteiger partial charge in [0, 0.05) is 20.3 Å². The summed E-state index contributed by atoms with van der Waals surface area (Å²) < 4.78 is 10.5. The molecule has 0 aromatic heterocycles. The van der Waals surface area contributed by atoms with Crippen molar-refractivity contribution < 1.29 is 19.4 Å². The fourth-order valence-electron chi connectivity index (χ4n) is 1.66. The molecule has 0 saturated carbocycles. The lowest BCUT2D eigenvalue weighted by atomic mass is 10.1. The topological polar surface area (TPSA) is 91.6 Å². The number of ether oxygens (including phenoxy) is 2. The maximum atomic E-state index is 11.9. The molecule has 0 bridgehead atoms. The first-order valence-electron chi connectivity index (χ1n) is 6.49. The zero-order valence-electron chi connectivity index (χ0n) is 12.4. The van der Waals surface area contributed by atoms with E-state index in [2.05, 4.69) is 5.32 Å². The lowest BCUT2D eigenvalue weighted by Gasteiger charge is -2.07. The molecule has 7 heteroatoms. The molecule has 0 atom stereocenters. The SMILES string of the molecule is COCCCNC(=O)/C(C#N)=C/c1cc(I)c(O)c(OC)c1. The van der Waals surface area contributed by atoms with Crippen LogP contribution in [0.5, 0.6) is 11.5 Å². The van der Waals surface area contributed by atoms with Crippen LogP contribution in [-0.2, 0) is 9.53 Å². The van der Waals surface area contributed by atoms with Crippen LogP contribution in [0.2, 0.25) is 0 Å². The van der Waals surface area contributed by atoms with Crippen LogP contribution >= 0.6 is 22.6 Å². The summed E-state index contributed by atoms with van der Waals surface area (Å²) in [4.78, 5) is 11.9. The normalized spacial score (nSPS) is 10.9. The van der Waals surface area contributed by atoms with Gasteiger partial charge in [0.2, 0.25) is 0 Å². The first-order chi connectivity index (χ1) is 10.5. The number of carbonyl (C=O) groups is 1. The van der Waals surface area contributed by atoms with Crippen LogP contribution in [0, 0.1) is 14.9 Å². The molecule has 1 rings (SSSR count). The first kappa shape index (κ1) is 18.3. The predicted octanol–water partition coefficient (Wildman–Crippen LogP) is 2.07. The van der Waals surface area contributed by atoms with Gasteiger partial charge in [0.15, 0.2) is 11.5 Å². The van der Waals surface area contributed by atoms with Crippen LogP contribution in [0.4, 0.5) is 0 Å². The molecule has 1 aromatic carbocycles. The van der Waals surface area contributed by atoms with Crippen molar-refractivity contribution in [1.29, 1.82) is 5.26 Å². The molecule has 1 amide bonds. The molecule has 22 heavy (non-hydrogen) atoms. The van der Waals surface area contributed by atoms with Gasteiger partial charge in [-0.2, -0.15) is 5.26 Å². The number of rotatable bonds is 7. The molecule has 0 heterocycles. The van der Waals surface area contributed by atoms with E-state index >= 15 is 0 Å². The van der Waals surface area contributed by atoms with Crippen LogP contribution in [0.1, 0.15) is 12.0 Å². The van der Waals surface area contributed by atoms with Gasteiger partial charge >= 0.3 is 0 Å². The average molecular weight is 416 g/mol. The number of carbonyl (C=O) groups excluding carboxylic acids is 1. The summed E-state index contributed by atoms with van der Waals surface area (Å²) in [6.45, 7) is 0.974. The third kappa shape index (κ3) is 5.20. The molecule has 1 aromatic rings. The minimum atomic E-state index is -0.444. The number of methoxy groups -OCH3 is 2. The van der Waals surface area contributed by atoms with E-state index in [1.165, 1.54) is 13.2 Å². The van der Waals surface area contributed by atoms with Crippen molar-refractivity contribution in [3.63, 3.8) is 0 Å². The van der Waals surface area contributed by atoms with E-state index in [1.54, 1.807) is 19.2 Å². The summed E-state index contributed by atoms with van der Waals surface area (Å²) in [6.07, 6.45) is 2.13. The van der Waals surface area contributed by atoms with Crippen molar-refractivity contribution in [3.05, 3.63) is 26.8 Å². The number of hydrogen-bond donors (Lipinski definition) is 2. The van der Waals surface area contributed by atoms with Crippen LogP contribution in [0.3, 0.4) is 0 Å². The van der Waals surface area contributed by atoms with E-state index in [4.69, 9.17) is 14.7 Å². The van der Waals surface area contributed by atoms with Gasteiger partial charge in [0.1, 0.15) is 11.6 Å². The molecule has 0 fully saturated rings. The minimum Gasteiger partial charge on any atom is -0.504 e. The number of halogens is 1. The van der Waals surface area contributed by atoms with Crippen LogP contribution in [0.25, 0.3) is 6.08 Å². The highest BCUT2D eigenvalue weighted by molar-refractivity contribution is 14.1. The average Bonchev–Trinajstić information content (AvgIpc) is 2.52. The number of phenols is 1. The second-order valence-corrected chi connectivity index (χ2v) is 5.49. The Kier molecular flexibility index (Phi) is 7.70. The Balaban J connectivity index is 2.91. The molecular formula is C15H17IN2O4. The molecule has 118 valence electrons. The predicted molar refractivity (Wildman–Crippen MR) is 90.5 cm³/mol. The summed E-state index contributed by atoms with van der Waals surface area (Å²) in [5.74, 6) is -0.126.